The molecule has 94 valence electrons. The van der Waals surface area contributed by atoms with Crippen molar-refractivity contribution in [2.45, 2.75) is 19.9 Å². The normalized spacial score (nSPS) is 12.4. The Morgan fingerprint density at radius 2 is 1.94 bits per heavy atom. The first-order valence-electron chi connectivity index (χ1n) is 5.97. The van der Waals surface area contributed by atoms with Crippen LogP contribution in [0.25, 0.3) is 0 Å². The molecule has 18 heavy (non-hydrogen) atoms. The summed E-state index contributed by atoms with van der Waals surface area (Å²) in [5, 5.41) is 3.25. The van der Waals surface area contributed by atoms with Crippen LogP contribution in [0.3, 0.4) is 0 Å². The second-order valence-corrected chi connectivity index (χ2v) is 4.46. The SMILES string of the molecule is CNC(c1ccc(C)nc1)c1ccc(F)cc1C. The molecule has 1 N–H and O–H groups in total. The van der Waals surface area contributed by atoms with E-state index in [1.165, 1.54) is 6.07 Å². The van der Waals surface area contributed by atoms with E-state index in [4.69, 9.17) is 0 Å². The van der Waals surface area contributed by atoms with Crippen LogP contribution in [0, 0.1) is 19.7 Å². The number of nitrogens with one attached hydrogen (secondary N) is 1. The highest BCUT2D eigenvalue weighted by Gasteiger charge is 2.14. The number of aromatic nitrogens is 1. The van der Waals surface area contributed by atoms with Gasteiger partial charge in [-0.25, -0.2) is 4.39 Å². The van der Waals surface area contributed by atoms with E-state index in [-0.39, 0.29) is 11.9 Å². The summed E-state index contributed by atoms with van der Waals surface area (Å²) in [6.45, 7) is 3.88. The average molecular weight is 244 g/mol. The Hall–Kier alpha value is -1.74. The van der Waals surface area contributed by atoms with Crippen LogP contribution in [0.2, 0.25) is 0 Å². The molecular formula is C15H17FN2. The monoisotopic (exact) mass is 244 g/mol. The van der Waals surface area contributed by atoms with Gasteiger partial charge in [-0.15, -0.1) is 0 Å². The first-order valence-corrected chi connectivity index (χ1v) is 5.97. The van der Waals surface area contributed by atoms with Crippen LogP contribution in [-0.2, 0) is 0 Å². The van der Waals surface area contributed by atoms with Crippen LogP contribution < -0.4 is 5.32 Å². The number of aryl methyl sites for hydroxylation is 2. The van der Waals surface area contributed by atoms with Crippen molar-refractivity contribution < 1.29 is 4.39 Å². The second-order valence-electron chi connectivity index (χ2n) is 4.46. The Morgan fingerprint density at radius 3 is 2.50 bits per heavy atom. The van der Waals surface area contributed by atoms with Gasteiger partial charge in [0.1, 0.15) is 5.82 Å². The highest BCUT2D eigenvalue weighted by Crippen LogP contribution is 2.24. The van der Waals surface area contributed by atoms with Crippen molar-refractivity contribution in [3.63, 3.8) is 0 Å². The number of hydrogen-bond acceptors (Lipinski definition) is 2. The minimum absolute atomic E-state index is 0.0405. The molecule has 0 radical (unpaired) electrons. The van der Waals surface area contributed by atoms with Gasteiger partial charge in [0.2, 0.25) is 0 Å². The Labute approximate surface area is 107 Å². The van der Waals surface area contributed by atoms with E-state index in [1.54, 1.807) is 6.07 Å². The Balaban J connectivity index is 2.41. The summed E-state index contributed by atoms with van der Waals surface area (Å²) in [4.78, 5) is 4.31. The topological polar surface area (TPSA) is 24.9 Å². The summed E-state index contributed by atoms with van der Waals surface area (Å²) < 4.78 is 13.1. The zero-order valence-electron chi connectivity index (χ0n) is 10.9. The minimum Gasteiger partial charge on any atom is -0.309 e. The molecule has 2 nitrogen and oxygen atoms in total. The molecule has 2 rings (SSSR count). The highest BCUT2D eigenvalue weighted by atomic mass is 19.1. The summed E-state index contributed by atoms with van der Waals surface area (Å²) in [6, 6.07) is 8.95. The van der Waals surface area contributed by atoms with E-state index >= 15 is 0 Å². The lowest BCUT2D eigenvalue weighted by Crippen LogP contribution is -2.19. The lowest BCUT2D eigenvalue weighted by molar-refractivity contribution is 0.621. The fourth-order valence-corrected chi connectivity index (χ4v) is 2.11. The van der Waals surface area contributed by atoms with E-state index in [9.17, 15) is 4.39 Å². The predicted molar refractivity (Wildman–Crippen MR) is 71.0 cm³/mol. The quantitative estimate of drug-likeness (QED) is 0.897. The Bertz CT molecular complexity index is 535. The molecule has 3 heteroatoms. The van der Waals surface area contributed by atoms with Gasteiger partial charge in [-0.1, -0.05) is 12.1 Å². The zero-order valence-corrected chi connectivity index (χ0v) is 10.9. The minimum atomic E-state index is -0.201. The lowest BCUT2D eigenvalue weighted by atomic mass is 9.96. The maximum absolute atomic E-state index is 13.1. The van der Waals surface area contributed by atoms with Crippen LogP contribution >= 0.6 is 0 Å². The number of pyridine rings is 1. The van der Waals surface area contributed by atoms with Gasteiger partial charge in [-0.2, -0.15) is 0 Å². The van der Waals surface area contributed by atoms with Crippen LogP contribution in [0.15, 0.2) is 36.5 Å². The molecule has 0 saturated heterocycles. The van der Waals surface area contributed by atoms with Crippen molar-refractivity contribution in [3.05, 3.63) is 64.7 Å². The van der Waals surface area contributed by atoms with Crippen molar-refractivity contribution in [3.8, 4) is 0 Å². The number of nitrogens with zero attached hydrogens (tertiary/aromatic N) is 1. The Morgan fingerprint density at radius 1 is 1.17 bits per heavy atom. The summed E-state index contributed by atoms with van der Waals surface area (Å²) in [5.74, 6) is -0.201. The van der Waals surface area contributed by atoms with E-state index in [1.807, 2.05) is 45.3 Å². The van der Waals surface area contributed by atoms with Crippen molar-refractivity contribution in [2.75, 3.05) is 7.05 Å². The van der Waals surface area contributed by atoms with Crippen LogP contribution in [0.5, 0.6) is 0 Å². The molecule has 0 saturated carbocycles. The number of halogens is 1. The largest absolute Gasteiger partial charge is 0.309 e. The molecule has 1 heterocycles. The molecule has 0 amide bonds. The van der Waals surface area contributed by atoms with E-state index in [2.05, 4.69) is 10.3 Å². The van der Waals surface area contributed by atoms with E-state index < -0.39 is 0 Å². The molecule has 0 aliphatic heterocycles. The van der Waals surface area contributed by atoms with Gasteiger partial charge in [-0.3, -0.25) is 4.98 Å². The smallest absolute Gasteiger partial charge is 0.123 e. The fourth-order valence-electron chi connectivity index (χ4n) is 2.11. The van der Waals surface area contributed by atoms with Gasteiger partial charge in [0, 0.05) is 11.9 Å². The van der Waals surface area contributed by atoms with Crippen LogP contribution in [0.4, 0.5) is 4.39 Å². The van der Waals surface area contributed by atoms with Crippen molar-refractivity contribution >= 4 is 0 Å². The standard InChI is InChI=1S/C15H17FN2/c1-10-8-13(16)6-7-14(10)15(17-3)12-5-4-11(2)18-9-12/h4-9,15,17H,1-3H3. The van der Waals surface area contributed by atoms with E-state index in [0.717, 1.165) is 22.4 Å². The second kappa shape index (κ2) is 5.27. The van der Waals surface area contributed by atoms with Crippen molar-refractivity contribution in [2.24, 2.45) is 0 Å². The molecule has 2 aromatic rings. The van der Waals surface area contributed by atoms with Gasteiger partial charge in [0.05, 0.1) is 6.04 Å². The molecular weight excluding hydrogens is 227 g/mol. The first kappa shape index (κ1) is 12.7. The third-order valence-corrected chi connectivity index (χ3v) is 3.10. The van der Waals surface area contributed by atoms with Gasteiger partial charge < -0.3 is 5.32 Å². The molecule has 0 aliphatic carbocycles. The molecule has 1 aromatic heterocycles. The summed E-state index contributed by atoms with van der Waals surface area (Å²) in [7, 11) is 1.90. The molecule has 0 bridgehead atoms. The molecule has 1 aromatic carbocycles. The summed E-state index contributed by atoms with van der Waals surface area (Å²) in [6.07, 6.45) is 1.86. The number of benzene rings is 1. The summed E-state index contributed by atoms with van der Waals surface area (Å²) in [5.41, 5.74) is 4.08. The third kappa shape index (κ3) is 2.57. The average Bonchev–Trinajstić information content (AvgIpc) is 2.35. The van der Waals surface area contributed by atoms with Crippen LogP contribution in [0.1, 0.15) is 28.4 Å². The highest BCUT2D eigenvalue weighted by molar-refractivity contribution is 5.36. The maximum atomic E-state index is 13.1. The van der Waals surface area contributed by atoms with Crippen molar-refractivity contribution in [1.82, 2.24) is 10.3 Å². The van der Waals surface area contributed by atoms with Crippen LogP contribution in [-0.4, -0.2) is 12.0 Å². The maximum Gasteiger partial charge on any atom is 0.123 e. The van der Waals surface area contributed by atoms with Gasteiger partial charge in [0.15, 0.2) is 0 Å². The number of rotatable bonds is 3. The number of hydrogen-bond donors (Lipinski definition) is 1. The fraction of sp³-hybridized carbons (Fsp3) is 0.267. The molecule has 1 unspecified atom stereocenters. The van der Waals surface area contributed by atoms with Crippen molar-refractivity contribution in [1.29, 1.82) is 0 Å². The predicted octanol–water partition coefficient (Wildman–Crippen LogP) is 3.15. The molecule has 0 spiro atoms. The lowest BCUT2D eigenvalue weighted by Gasteiger charge is -2.19. The zero-order chi connectivity index (χ0) is 13.1. The third-order valence-electron chi connectivity index (χ3n) is 3.10. The first-order chi connectivity index (χ1) is 8.61. The van der Waals surface area contributed by atoms with Gasteiger partial charge >= 0.3 is 0 Å². The molecule has 1 atom stereocenters. The van der Waals surface area contributed by atoms with Gasteiger partial charge in [-0.05, 0) is 55.8 Å². The Kier molecular flexibility index (Phi) is 3.72. The summed E-state index contributed by atoms with van der Waals surface area (Å²) >= 11 is 0. The van der Waals surface area contributed by atoms with Gasteiger partial charge in [0.25, 0.3) is 0 Å². The molecule has 0 aliphatic rings. The molecule has 0 fully saturated rings. The van der Waals surface area contributed by atoms with E-state index in [0.29, 0.717) is 0 Å².